The highest BCUT2D eigenvalue weighted by atomic mass is 32.1. The van der Waals surface area contributed by atoms with Crippen molar-refractivity contribution in [3.8, 4) is 11.3 Å². The van der Waals surface area contributed by atoms with Crippen molar-refractivity contribution in [1.29, 1.82) is 0 Å². The SMILES string of the molecule is CC(=O)Nc1ccc(CC(=O)Nc2nc(-c3ccc4ccccc4c3)cs2)cc1. The zero-order chi connectivity index (χ0) is 20.2. The molecule has 2 N–H and O–H groups in total. The molecule has 3 aromatic carbocycles. The van der Waals surface area contributed by atoms with Crippen molar-refractivity contribution in [2.75, 3.05) is 10.6 Å². The van der Waals surface area contributed by atoms with Gasteiger partial charge in [0, 0.05) is 23.6 Å². The van der Waals surface area contributed by atoms with Crippen LogP contribution in [-0.4, -0.2) is 16.8 Å². The summed E-state index contributed by atoms with van der Waals surface area (Å²) in [7, 11) is 0. The van der Waals surface area contributed by atoms with Gasteiger partial charge in [-0.2, -0.15) is 0 Å². The van der Waals surface area contributed by atoms with Crippen LogP contribution in [0.4, 0.5) is 10.8 Å². The third-order valence-electron chi connectivity index (χ3n) is 4.43. The van der Waals surface area contributed by atoms with Crippen LogP contribution >= 0.6 is 11.3 Å². The fraction of sp³-hybridized carbons (Fsp3) is 0.0870. The number of amides is 2. The highest BCUT2D eigenvalue weighted by molar-refractivity contribution is 7.14. The zero-order valence-electron chi connectivity index (χ0n) is 15.8. The van der Waals surface area contributed by atoms with Crippen molar-refractivity contribution in [2.24, 2.45) is 0 Å². The van der Waals surface area contributed by atoms with Crippen LogP contribution in [0.5, 0.6) is 0 Å². The van der Waals surface area contributed by atoms with Gasteiger partial charge in [0.1, 0.15) is 0 Å². The first-order chi connectivity index (χ1) is 14.1. The molecule has 6 heteroatoms. The van der Waals surface area contributed by atoms with Gasteiger partial charge in [-0.1, -0.05) is 48.5 Å². The van der Waals surface area contributed by atoms with Crippen LogP contribution in [0.2, 0.25) is 0 Å². The standard InChI is InChI=1S/C23H19N3O2S/c1-15(27)24-20-10-6-16(7-11-20)12-22(28)26-23-25-21(14-29-23)19-9-8-17-4-2-3-5-18(17)13-19/h2-11,13-14H,12H2,1H3,(H,24,27)(H,25,26,28). The molecule has 4 rings (SSSR count). The number of benzene rings is 3. The van der Waals surface area contributed by atoms with E-state index < -0.39 is 0 Å². The van der Waals surface area contributed by atoms with Crippen LogP contribution < -0.4 is 10.6 Å². The minimum Gasteiger partial charge on any atom is -0.326 e. The van der Waals surface area contributed by atoms with E-state index in [2.05, 4.69) is 39.9 Å². The summed E-state index contributed by atoms with van der Waals surface area (Å²) in [6, 6.07) is 21.6. The molecule has 0 atom stereocenters. The van der Waals surface area contributed by atoms with Crippen molar-refractivity contribution >= 4 is 44.7 Å². The summed E-state index contributed by atoms with van der Waals surface area (Å²) in [5.74, 6) is -0.252. The zero-order valence-corrected chi connectivity index (χ0v) is 16.6. The Morgan fingerprint density at radius 1 is 0.931 bits per heavy atom. The molecule has 1 heterocycles. The number of hydrogen-bond acceptors (Lipinski definition) is 4. The first kappa shape index (κ1) is 18.8. The molecule has 144 valence electrons. The van der Waals surface area contributed by atoms with Crippen molar-refractivity contribution in [2.45, 2.75) is 13.3 Å². The molecular weight excluding hydrogens is 382 g/mol. The first-order valence-corrected chi connectivity index (χ1v) is 10.1. The molecule has 0 aliphatic carbocycles. The van der Waals surface area contributed by atoms with E-state index in [0.29, 0.717) is 10.8 Å². The van der Waals surface area contributed by atoms with Crippen LogP contribution in [0, 0.1) is 0 Å². The molecule has 0 saturated heterocycles. The van der Waals surface area contributed by atoms with E-state index >= 15 is 0 Å². The quantitative estimate of drug-likeness (QED) is 0.489. The number of fused-ring (bicyclic) bond motifs is 1. The molecule has 29 heavy (non-hydrogen) atoms. The van der Waals surface area contributed by atoms with Gasteiger partial charge in [0.05, 0.1) is 12.1 Å². The summed E-state index contributed by atoms with van der Waals surface area (Å²) in [6.07, 6.45) is 0.241. The lowest BCUT2D eigenvalue weighted by Gasteiger charge is -2.05. The Labute approximate surface area is 172 Å². The summed E-state index contributed by atoms with van der Waals surface area (Å²) in [5.41, 5.74) is 3.44. The summed E-state index contributed by atoms with van der Waals surface area (Å²) in [4.78, 5) is 28.0. The summed E-state index contributed by atoms with van der Waals surface area (Å²) < 4.78 is 0. The Kier molecular flexibility index (Phi) is 5.35. The van der Waals surface area contributed by atoms with Crippen LogP contribution in [0.25, 0.3) is 22.0 Å². The molecule has 1 aromatic heterocycles. The maximum Gasteiger partial charge on any atom is 0.230 e. The van der Waals surface area contributed by atoms with Gasteiger partial charge in [0.25, 0.3) is 0 Å². The van der Waals surface area contributed by atoms with Gasteiger partial charge in [-0.15, -0.1) is 11.3 Å². The number of carbonyl (C=O) groups is 2. The summed E-state index contributed by atoms with van der Waals surface area (Å²) >= 11 is 1.41. The monoisotopic (exact) mass is 401 g/mol. The fourth-order valence-corrected chi connectivity index (χ4v) is 3.81. The van der Waals surface area contributed by atoms with Gasteiger partial charge in [-0.25, -0.2) is 4.98 Å². The minimum absolute atomic E-state index is 0.124. The molecule has 0 aliphatic heterocycles. The van der Waals surface area contributed by atoms with Crippen LogP contribution in [0.3, 0.4) is 0 Å². The Bertz CT molecular complexity index is 1180. The van der Waals surface area contributed by atoms with Gasteiger partial charge < -0.3 is 10.6 Å². The number of nitrogens with one attached hydrogen (secondary N) is 2. The Hall–Kier alpha value is -3.51. The van der Waals surface area contributed by atoms with Crippen LogP contribution in [0.1, 0.15) is 12.5 Å². The highest BCUT2D eigenvalue weighted by Gasteiger charge is 2.10. The molecule has 0 spiro atoms. The maximum absolute atomic E-state index is 12.4. The van der Waals surface area contributed by atoms with Gasteiger partial charge in [-0.3, -0.25) is 9.59 Å². The van der Waals surface area contributed by atoms with E-state index in [4.69, 9.17) is 0 Å². The van der Waals surface area contributed by atoms with Gasteiger partial charge in [0.15, 0.2) is 5.13 Å². The lowest BCUT2D eigenvalue weighted by Crippen LogP contribution is -2.14. The number of nitrogens with zero attached hydrogens (tertiary/aromatic N) is 1. The Balaban J connectivity index is 1.41. The third-order valence-corrected chi connectivity index (χ3v) is 5.19. The molecule has 4 aromatic rings. The second-order valence-electron chi connectivity index (χ2n) is 6.70. The smallest absolute Gasteiger partial charge is 0.230 e. The second-order valence-corrected chi connectivity index (χ2v) is 7.56. The molecule has 0 unspecified atom stereocenters. The molecule has 0 bridgehead atoms. The molecule has 0 radical (unpaired) electrons. The maximum atomic E-state index is 12.4. The van der Waals surface area contributed by atoms with E-state index in [1.165, 1.54) is 23.6 Å². The molecule has 0 fully saturated rings. The van der Waals surface area contributed by atoms with Crippen LogP contribution in [0.15, 0.2) is 72.1 Å². The van der Waals surface area contributed by atoms with Crippen molar-refractivity contribution in [1.82, 2.24) is 4.98 Å². The third kappa shape index (κ3) is 4.67. The van der Waals surface area contributed by atoms with E-state index in [0.717, 1.165) is 22.2 Å². The van der Waals surface area contributed by atoms with Crippen LogP contribution in [-0.2, 0) is 16.0 Å². The second kappa shape index (κ2) is 8.24. The van der Waals surface area contributed by atoms with Gasteiger partial charge in [0.2, 0.25) is 11.8 Å². The summed E-state index contributed by atoms with van der Waals surface area (Å²) in [5, 5.41) is 10.4. The minimum atomic E-state index is -0.128. The number of hydrogen-bond donors (Lipinski definition) is 2. The normalized spacial score (nSPS) is 10.7. The van der Waals surface area contributed by atoms with Crippen molar-refractivity contribution < 1.29 is 9.59 Å². The van der Waals surface area contributed by atoms with Crippen molar-refractivity contribution in [3.63, 3.8) is 0 Å². The number of aromatic nitrogens is 1. The number of anilines is 2. The molecule has 2 amide bonds. The first-order valence-electron chi connectivity index (χ1n) is 9.18. The predicted octanol–water partition coefficient (Wildman–Crippen LogP) is 5.10. The largest absolute Gasteiger partial charge is 0.326 e. The van der Waals surface area contributed by atoms with E-state index in [-0.39, 0.29) is 18.2 Å². The topological polar surface area (TPSA) is 71.1 Å². The predicted molar refractivity (Wildman–Crippen MR) is 118 cm³/mol. The number of rotatable bonds is 5. The van der Waals surface area contributed by atoms with Gasteiger partial charge in [-0.05, 0) is 34.5 Å². The average Bonchev–Trinajstić information content (AvgIpc) is 3.17. The van der Waals surface area contributed by atoms with Gasteiger partial charge >= 0.3 is 0 Å². The highest BCUT2D eigenvalue weighted by Crippen LogP contribution is 2.27. The van der Waals surface area contributed by atoms with Crippen molar-refractivity contribution in [3.05, 3.63) is 77.7 Å². The number of carbonyl (C=O) groups excluding carboxylic acids is 2. The molecule has 5 nitrogen and oxygen atoms in total. The van der Waals surface area contributed by atoms with E-state index in [1.807, 2.05) is 35.7 Å². The average molecular weight is 401 g/mol. The Morgan fingerprint density at radius 3 is 2.45 bits per heavy atom. The molecule has 0 aliphatic rings. The number of thiazole rings is 1. The molecular formula is C23H19N3O2S. The van der Waals surface area contributed by atoms with E-state index in [9.17, 15) is 9.59 Å². The fourth-order valence-electron chi connectivity index (χ4n) is 3.07. The van der Waals surface area contributed by atoms with E-state index in [1.54, 1.807) is 12.1 Å². The lowest BCUT2D eigenvalue weighted by molar-refractivity contribution is -0.116. The lowest BCUT2D eigenvalue weighted by atomic mass is 10.1. The summed E-state index contributed by atoms with van der Waals surface area (Å²) in [6.45, 7) is 1.46. The Morgan fingerprint density at radius 2 is 1.69 bits per heavy atom. The molecule has 0 saturated carbocycles.